The molecule has 0 aliphatic carbocycles. The molecule has 3 aromatic carbocycles. The highest BCUT2D eigenvalue weighted by atomic mass is 32.2. The molecule has 0 fully saturated rings. The van der Waals surface area contributed by atoms with Crippen LogP contribution in [0.15, 0.2) is 83.8 Å². The van der Waals surface area contributed by atoms with Gasteiger partial charge in [-0.15, -0.1) is 0 Å². The molecule has 8 nitrogen and oxygen atoms in total. The summed E-state index contributed by atoms with van der Waals surface area (Å²) >= 11 is 1.000. The van der Waals surface area contributed by atoms with Crippen molar-refractivity contribution in [3.63, 3.8) is 0 Å². The Kier molecular flexibility index (Phi) is 7.61. The van der Waals surface area contributed by atoms with Crippen LogP contribution in [-0.2, 0) is 21.1 Å². The van der Waals surface area contributed by atoms with E-state index in [1.165, 1.54) is 24.3 Å². The number of nitrogens with zero attached hydrogens (tertiary/aromatic N) is 1. The molecule has 0 aliphatic heterocycles. The highest BCUT2D eigenvalue weighted by Gasteiger charge is 2.22. The van der Waals surface area contributed by atoms with Gasteiger partial charge in [0.25, 0.3) is 0 Å². The SMILES string of the molecule is CCS(=O)(=O)c1ccc(CC(=O)Nc2nc(-c3cccc(C(=O)O)c3)c(C(=O)c3ccccc3)s2)cc1. The second-order valence-corrected chi connectivity index (χ2v) is 11.3. The molecule has 4 rings (SSSR count). The number of rotatable bonds is 9. The van der Waals surface area contributed by atoms with Crippen LogP contribution < -0.4 is 5.32 Å². The lowest BCUT2D eigenvalue weighted by Crippen LogP contribution is -2.14. The van der Waals surface area contributed by atoms with Gasteiger partial charge in [-0.1, -0.05) is 72.9 Å². The fourth-order valence-electron chi connectivity index (χ4n) is 3.57. The average Bonchev–Trinajstić information content (AvgIpc) is 3.32. The standard InChI is InChI=1S/C27H22N2O6S2/c1-2-37(34,35)21-13-11-17(12-14-21)15-22(30)28-27-29-23(19-9-6-10-20(16-19)26(32)33)25(36-27)24(31)18-7-4-3-5-8-18/h3-14,16H,2,15H2,1H3,(H,32,33)(H,28,29,30). The Morgan fingerprint density at radius 2 is 1.59 bits per heavy atom. The number of aromatic nitrogens is 1. The van der Waals surface area contributed by atoms with E-state index in [4.69, 9.17) is 0 Å². The van der Waals surface area contributed by atoms with Crippen molar-refractivity contribution in [3.05, 3.63) is 100 Å². The Labute approximate surface area is 217 Å². The van der Waals surface area contributed by atoms with Crippen LogP contribution in [0.5, 0.6) is 0 Å². The number of carboxylic acid groups (broad SMARTS) is 1. The molecule has 1 heterocycles. The minimum absolute atomic E-state index is 0.0153. The second kappa shape index (κ2) is 10.9. The molecule has 0 saturated heterocycles. The highest BCUT2D eigenvalue weighted by Crippen LogP contribution is 2.33. The van der Waals surface area contributed by atoms with Crippen LogP contribution in [0.25, 0.3) is 11.3 Å². The van der Waals surface area contributed by atoms with Gasteiger partial charge in [-0.2, -0.15) is 0 Å². The van der Waals surface area contributed by atoms with E-state index >= 15 is 0 Å². The predicted molar refractivity (Wildman–Crippen MR) is 141 cm³/mol. The molecule has 1 amide bonds. The van der Waals surface area contributed by atoms with Gasteiger partial charge in [0.2, 0.25) is 11.7 Å². The number of aromatic carboxylic acids is 1. The summed E-state index contributed by atoms with van der Waals surface area (Å²) in [6.07, 6.45) is -0.0299. The van der Waals surface area contributed by atoms with Crippen LogP contribution in [0.2, 0.25) is 0 Å². The molecule has 0 bridgehead atoms. The summed E-state index contributed by atoms with van der Waals surface area (Å²) in [6, 6.07) is 20.8. The number of amides is 1. The average molecular weight is 535 g/mol. The maximum absolute atomic E-state index is 13.3. The number of carbonyl (C=O) groups excluding carboxylic acids is 2. The first-order valence-electron chi connectivity index (χ1n) is 11.2. The zero-order valence-electron chi connectivity index (χ0n) is 19.7. The van der Waals surface area contributed by atoms with Gasteiger partial charge < -0.3 is 10.4 Å². The van der Waals surface area contributed by atoms with E-state index in [1.54, 1.807) is 61.5 Å². The fraction of sp³-hybridized carbons (Fsp3) is 0.111. The van der Waals surface area contributed by atoms with Crippen molar-refractivity contribution >= 4 is 44.0 Å². The Morgan fingerprint density at radius 1 is 0.919 bits per heavy atom. The van der Waals surface area contributed by atoms with Gasteiger partial charge in [0.05, 0.1) is 28.3 Å². The molecule has 0 saturated carbocycles. The second-order valence-electron chi connectivity index (χ2n) is 8.05. The molecule has 0 unspecified atom stereocenters. The van der Waals surface area contributed by atoms with Crippen molar-refractivity contribution in [2.75, 3.05) is 11.1 Å². The molecule has 10 heteroatoms. The van der Waals surface area contributed by atoms with Crippen molar-refractivity contribution in [1.82, 2.24) is 4.98 Å². The zero-order valence-corrected chi connectivity index (χ0v) is 21.3. The lowest BCUT2D eigenvalue weighted by atomic mass is 10.0. The summed E-state index contributed by atoms with van der Waals surface area (Å²) in [5.74, 6) is -1.83. The van der Waals surface area contributed by atoms with Crippen LogP contribution in [0, 0.1) is 0 Å². The number of hydrogen-bond donors (Lipinski definition) is 2. The third kappa shape index (κ3) is 5.99. The third-order valence-electron chi connectivity index (χ3n) is 5.53. The van der Waals surface area contributed by atoms with E-state index in [1.807, 2.05) is 0 Å². The van der Waals surface area contributed by atoms with Gasteiger partial charge >= 0.3 is 5.97 Å². The molecule has 0 aliphatic rings. The quantitative estimate of drug-likeness (QED) is 0.297. The van der Waals surface area contributed by atoms with E-state index in [2.05, 4.69) is 10.3 Å². The Balaban J connectivity index is 1.62. The van der Waals surface area contributed by atoms with Crippen molar-refractivity contribution < 1.29 is 27.9 Å². The van der Waals surface area contributed by atoms with Gasteiger partial charge in [-0.05, 0) is 29.8 Å². The summed E-state index contributed by atoms with van der Waals surface area (Å²) in [6.45, 7) is 1.56. The van der Waals surface area contributed by atoms with E-state index in [9.17, 15) is 27.9 Å². The van der Waals surface area contributed by atoms with Crippen LogP contribution in [-0.4, -0.2) is 41.9 Å². The fourth-order valence-corrected chi connectivity index (χ4v) is 5.42. The zero-order chi connectivity index (χ0) is 26.6. The van der Waals surface area contributed by atoms with Gasteiger partial charge in [0, 0.05) is 11.1 Å². The predicted octanol–water partition coefficient (Wildman–Crippen LogP) is 4.71. The third-order valence-corrected chi connectivity index (χ3v) is 8.25. The van der Waals surface area contributed by atoms with E-state index in [0.717, 1.165) is 11.3 Å². The smallest absolute Gasteiger partial charge is 0.335 e. The summed E-state index contributed by atoms with van der Waals surface area (Å²) in [5.41, 5.74) is 1.79. The van der Waals surface area contributed by atoms with E-state index in [-0.39, 0.29) is 44.1 Å². The molecular formula is C27H22N2O6S2. The number of sulfone groups is 1. The molecule has 0 atom stereocenters. The Hall–Kier alpha value is -4.15. The maximum Gasteiger partial charge on any atom is 0.335 e. The van der Waals surface area contributed by atoms with E-state index < -0.39 is 21.7 Å². The van der Waals surface area contributed by atoms with Crippen molar-refractivity contribution in [3.8, 4) is 11.3 Å². The Bertz CT molecular complexity index is 1580. The first kappa shape index (κ1) is 25.9. The Morgan fingerprint density at radius 3 is 2.24 bits per heavy atom. The number of benzene rings is 3. The van der Waals surface area contributed by atoms with Gasteiger partial charge in [-0.25, -0.2) is 18.2 Å². The summed E-state index contributed by atoms with van der Waals surface area (Å²) in [4.78, 5) is 42.4. The minimum Gasteiger partial charge on any atom is -0.478 e. The van der Waals surface area contributed by atoms with Crippen molar-refractivity contribution in [1.29, 1.82) is 0 Å². The summed E-state index contributed by atoms with van der Waals surface area (Å²) in [5, 5.41) is 12.3. The first-order valence-corrected chi connectivity index (χ1v) is 13.7. The van der Waals surface area contributed by atoms with Gasteiger partial charge in [0.15, 0.2) is 15.0 Å². The molecule has 37 heavy (non-hydrogen) atoms. The lowest BCUT2D eigenvalue weighted by Gasteiger charge is -2.05. The number of carboxylic acids is 1. The number of carbonyl (C=O) groups is 3. The normalized spacial score (nSPS) is 11.2. The molecule has 1 aromatic heterocycles. The van der Waals surface area contributed by atoms with Crippen LogP contribution >= 0.6 is 11.3 Å². The number of hydrogen-bond acceptors (Lipinski definition) is 7. The van der Waals surface area contributed by atoms with Crippen LogP contribution in [0.3, 0.4) is 0 Å². The summed E-state index contributed by atoms with van der Waals surface area (Å²) < 4.78 is 24.0. The molecule has 4 aromatic rings. The highest BCUT2D eigenvalue weighted by molar-refractivity contribution is 7.91. The number of ketones is 1. The van der Waals surface area contributed by atoms with E-state index in [0.29, 0.717) is 16.7 Å². The molecular weight excluding hydrogens is 512 g/mol. The maximum atomic E-state index is 13.3. The molecule has 0 radical (unpaired) electrons. The monoisotopic (exact) mass is 534 g/mol. The minimum atomic E-state index is -3.34. The van der Waals surface area contributed by atoms with Gasteiger partial charge in [-0.3, -0.25) is 9.59 Å². The van der Waals surface area contributed by atoms with Crippen molar-refractivity contribution in [2.45, 2.75) is 18.2 Å². The largest absolute Gasteiger partial charge is 0.478 e. The van der Waals surface area contributed by atoms with Crippen LogP contribution in [0.1, 0.15) is 38.1 Å². The topological polar surface area (TPSA) is 130 Å². The lowest BCUT2D eigenvalue weighted by molar-refractivity contribution is -0.115. The summed E-state index contributed by atoms with van der Waals surface area (Å²) in [7, 11) is -3.34. The van der Waals surface area contributed by atoms with Crippen LogP contribution in [0.4, 0.5) is 5.13 Å². The molecule has 2 N–H and O–H groups in total. The number of thiazole rings is 1. The molecule has 188 valence electrons. The van der Waals surface area contributed by atoms with Crippen molar-refractivity contribution in [2.24, 2.45) is 0 Å². The molecule has 0 spiro atoms. The first-order chi connectivity index (χ1) is 17.7. The van der Waals surface area contributed by atoms with Gasteiger partial charge in [0.1, 0.15) is 4.88 Å². The number of nitrogens with one attached hydrogen (secondary N) is 1. The number of anilines is 1.